The van der Waals surface area contributed by atoms with E-state index in [4.69, 9.17) is 0 Å². The summed E-state index contributed by atoms with van der Waals surface area (Å²) in [7, 11) is -3.31. The van der Waals surface area contributed by atoms with Gasteiger partial charge in [0, 0.05) is 10.2 Å². The molecule has 0 radical (unpaired) electrons. The predicted molar refractivity (Wildman–Crippen MR) is 81.7 cm³/mol. The Morgan fingerprint density at radius 2 is 1.58 bits per heavy atom. The first-order valence-electron chi connectivity index (χ1n) is 5.85. The maximum atomic E-state index is 11.9. The van der Waals surface area contributed by atoms with Gasteiger partial charge in [0.25, 0.3) is 0 Å². The Morgan fingerprint density at radius 1 is 0.947 bits per heavy atom. The maximum Gasteiger partial charge on any atom is 0.233 e. The summed E-state index contributed by atoms with van der Waals surface area (Å²) in [6, 6.07) is 16.6. The van der Waals surface area contributed by atoms with Crippen molar-refractivity contribution >= 4 is 31.6 Å². The van der Waals surface area contributed by atoms with Gasteiger partial charge in [-0.15, -0.1) is 0 Å². The van der Waals surface area contributed by atoms with E-state index in [1.165, 1.54) is 0 Å². The number of hydrogen-bond donors (Lipinski definition) is 1. The van der Waals surface area contributed by atoms with E-state index in [1.807, 2.05) is 30.3 Å². The minimum absolute atomic E-state index is 0.0765. The van der Waals surface area contributed by atoms with E-state index < -0.39 is 10.0 Å². The van der Waals surface area contributed by atoms with Gasteiger partial charge in [0.2, 0.25) is 10.0 Å². The number of halogens is 1. The van der Waals surface area contributed by atoms with Gasteiger partial charge >= 0.3 is 0 Å². The Bertz CT molecular complexity index is 624. The summed E-state index contributed by atoms with van der Waals surface area (Å²) in [5, 5.41) is 0. The highest BCUT2D eigenvalue weighted by molar-refractivity contribution is 9.10. The third-order valence-electron chi connectivity index (χ3n) is 2.62. The third kappa shape index (κ3) is 4.69. The van der Waals surface area contributed by atoms with Crippen molar-refractivity contribution in [3.8, 4) is 0 Å². The molecule has 0 aliphatic heterocycles. The lowest BCUT2D eigenvalue weighted by atomic mass is 10.2. The van der Waals surface area contributed by atoms with Crippen LogP contribution in [0.5, 0.6) is 0 Å². The van der Waals surface area contributed by atoms with E-state index in [9.17, 15) is 8.42 Å². The lowest BCUT2D eigenvalue weighted by Crippen LogP contribution is -2.18. The molecule has 0 heterocycles. The number of sulfonamides is 1. The molecule has 5 heteroatoms. The second kappa shape index (κ2) is 6.21. The topological polar surface area (TPSA) is 46.2 Å². The van der Waals surface area contributed by atoms with Gasteiger partial charge in [0.05, 0.1) is 5.75 Å². The van der Waals surface area contributed by atoms with Crippen LogP contribution < -0.4 is 4.72 Å². The molecule has 2 rings (SSSR count). The highest BCUT2D eigenvalue weighted by atomic mass is 79.9. The minimum Gasteiger partial charge on any atom is -0.284 e. The van der Waals surface area contributed by atoms with Crippen LogP contribution in [-0.2, 0) is 16.4 Å². The van der Waals surface area contributed by atoms with Gasteiger partial charge in [-0.25, -0.2) is 8.42 Å². The second-order valence-corrected chi connectivity index (χ2v) is 6.92. The van der Waals surface area contributed by atoms with E-state index in [1.54, 1.807) is 24.3 Å². The average Bonchev–Trinajstić information content (AvgIpc) is 2.40. The monoisotopic (exact) mass is 339 g/mol. The second-order valence-electron chi connectivity index (χ2n) is 4.16. The van der Waals surface area contributed by atoms with Crippen LogP contribution in [0.2, 0.25) is 0 Å². The van der Waals surface area contributed by atoms with Crippen LogP contribution in [0.1, 0.15) is 5.56 Å². The summed E-state index contributed by atoms with van der Waals surface area (Å²) in [6.07, 6.45) is 0.507. The number of aryl methyl sites for hydroxylation is 1. The molecule has 0 atom stereocenters. The largest absolute Gasteiger partial charge is 0.284 e. The van der Waals surface area contributed by atoms with E-state index in [0.717, 1.165) is 10.0 Å². The highest BCUT2D eigenvalue weighted by Gasteiger charge is 2.10. The van der Waals surface area contributed by atoms with Gasteiger partial charge in [-0.3, -0.25) is 4.72 Å². The van der Waals surface area contributed by atoms with Crippen LogP contribution in [0.25, 0.3) is 0 Å². The summed E-state index contributed by atoms with van der Waals surface area (Å²) in [5.41, 5.74) is 1.60. The quantitative estimate of drug-likeness (QED) is 0.906. The fourth-order valence-corrected chi connectivity index (χ4v) is 3.01. The molecule has 19 heavy (non-hydrogen) atoms. The molecule has 100 valence electrons. The molecule has 0 unspecified atom stereocenters. The number of benzene rings is 2. The zero-order chi connectivity index (χ0) is 13.7. The van der Waals surface area contributed by atoms with Gasteiger partial charge < -0.3 is 0 Å². The molecular formula is C14H14BrNO2S. The van der Waals surface area contributed by atoms with Crippen LogP contribution in [0.15, 0.2) is 59.1 Å². The Hall–Kier alpha value is -1.33. The van der Waals surface area contributed by atoms with Crippen LogP contribution in [-0.4, -0.2) is 14.2 Å². The molecule has 0 saturated heterocycles. The SMILES string of the molecule is O=S(=O)(CCc1ccccc1)Nc1ccc(Br)cc1. The highest BCUT2D eigenvalue weighted by Crippen LogP contribution is 2.15. The Morgan fingerprint density at radius 3 is 2.21 bits per heavy atom. The van der Waals surface area contributed by atoms with E-state index in [2.05, 4.69) is 20.7 Å². The molecule has 0 bridgehead atoms. The lowest BCUT2D eigenvalue weighted by molar-refractivity contribution is 0.600. The molecule has 1 N–H and O–H groups in total. The molecule has 2 aromatic rings. The van der Waals surface area contributed by atoms with E-state index in [-0.39, 0.29) is 5.75 Å². The third-order valence-corrected chi connectivity index (χ3v) is 4.44. The normalized spacial score (nSPS) is 11.2. The van der Waals surface area contributed by atoms with Crippen molar-refractivity contribution in [1.29, 1.82) is 0 Å². The summed E-state index contributed by atoms with van der Waals surface area (Å²) >= 11 is 3.31. The average molecular weight is 340 g/mol. The predicted octanol–water partition coefficient (Wildman–Crippen LogP) is 3.43. The first kappa shape index (κ1) is 14.1. The van der Waals surface area contributed by atoms with Gasteiger partial charge in [0.15, 0.2) is 0 Å². The molecule has 0 amide bonds. The van der Waals surface area contributed by atoms with Crippen molar-refractivity contribution in [3.63, 3.8) is 0 Å². The van der Waals surface area contributed by atoms with Gasteiger partial charge in [-0.1, -0.05) is 46.3 Å². The fraction of sp³-hybridized carbons (Fsp3) is 0.143. The fourth-order valence-electron chi connectivity index (χ4n) is 1.65. The summed E-state index contributed by atoms with van der Waals surface area (Å²) in [4.78, 5) is 0. The molecule has 0 saturated carbocycles. The standard InChI is InChI=1S/C14H14BrNO2S/c15-13-6-8-14(9-7-13)16-19(17,18)11-10-12-4-2-1-3-5-12/h1-9,16H,10-11H2. The zero-order valence-electron chi connectivity index (χ0n) is 10.2. The van der Waals surface area contributed by atoms with E-state index >= 15 is 0 Å². The first-order valence-corrected chi connectivity index (χ1v) is 8.30. The maximum absolute atomic E-state index is 11.9. The summed E-state index contributed by atoms with van der Waals surface area (Å²) < 4.78 is 27.4. The van der Waals surface area contributed by atoms with Crippen LogP contribution in [0.3, 0.4) is 0 Å². The molecule has 0 aliphatic rings. The molecule has 2 aromatic carbocycles. The minimum atomic E-state index is -3.31. The van der Waals surface area contributed by atoms with Gasteiger partial charge in [0.1, 0.15) is 0 Å². The number of hydrogen-bond acceptors (Lipinski definition) is 2. The number of nitrogens with one attached hydrogen (secondary N) is 1. The Labute approximate surface area is 121 Å². The van der Waals surface area contributed by atoms with Crippen molar-refractivity contribution in [2.45, 2.75) is 6.42 Å². The summed E-state index contributed by atoms with van der Waals surface area (Å²) in [6.45, 7) is 0. The summed E-state index contributed by atoms with van der Waals surface area (Å²) in [5.74, 6) is 0.0765. The molecule has 0 aromatic heterocycles. The number of anilines is 1. The molecule has 3 nitrogen and oxygen atoms in total. The zero-order valence-corrected chi connectivity index (χ0v) is 12.6. The molecular weight excluding hydrogens is 326 g/mol. The Balaban J connectivity index is 1.97. The van der Waals surface area contributed by atoms with Crippen LogP contribution in [0.4, 0.5) is 5.69 Å². The molecule has 0 fully saturated rings. The molecule has 0 aliphatic carbocycles. The van der Waals surface area contributed by atoms with Crippen molar-refractivity contribution in [2.24, 2.45) is 0 Å². The van der Waals surface area contributed by atoms with Crippen molar-refractivity contribution < 1.29 is 8.42 Å². The van der Waals surface area contributed by atoms with Crippen LogP contribution >= 0.6 is 15.9 Å². The van der Waals surface area contributed by atoms with Gasteiger partial charge in [-0.2, -0.15) is 0 Å². The van der Waals surface area contributed by atoms with Crippen molar-refractivity contribution in [2.75, 3.05) is 10.5 Å². The Kier molecular flexibility index (Phi) is 4.61. The van der Waals surface area contributed by atoms with E-state index in [0.29, 0.717) is 12.1 Å². The number of rotatable bonds is 5. The van der Waals surface area contributed by atoms with Gasteiger partial charge in [-0.05, 0) is 36.2 Å². The molecule has 0 spiro atoms. The first-order chi connectivity index (χ1) is 9.05. The lowest BCUT2D eigenvalue weighted by Gasteiger charge is -2.08. The van der Waals surface area contributed by atoms with Crippen LogP contribution in [0, 0.1) is 0 Å². The van der Waals surface area contributed by atoms with Crippen molar-refractivity contribution in [3.05, 3.63) is 64.6 Å². The van der Waals surface area contributed by atoms with Crippen molar-refractivity contribution in [1.82, 2.24) is 0 Å². The smallest absolute Gasteiger partial charge is 0.233 e.